The number of imidazole rings is 1. The third-order valence-electron chi connectivity index (χ3n) is 6.81. The first-order valence-electron chi connectivity index (χ1n) is 11.5. The summed E-state index contributed by atoms with van der Waals surface area (Å²) in [4.78, 5) is 31.4. The topological polar surface area (TPSA) is 76.5 Å². The van der Waals surface area contributed by atoms with Crippen LogP contribution in [0.4, 0.5) is 13.2 Å². The van der Waals surface area contributed by atoms with Gasteiger partial charge in [-0.2, -0.15) is 13.2 Å². The van der Waals surface area contributed by atoms with E-state index >= 15 is 0 Å². The first-order valence-corrected chi connectivity index (χ1v) is 11.5. The van der Waals surface area contributed by atoms with Crippen molar-refractivity contribution in [1.82, 2.24) is 19.8 Å². The Morgan fingerprint density at radius 1 is 1.17 bits per heavy atom. The predicted octanol–water partition coefficient (Wildman–Crippen LogP) is 4.24. The highest BCUT2D eigenvalue weighted by Gasteiger charge is 2.34. The number of aromatic nitrogens is 2. The fraction of sp³-hybridized carbons (Fsp3) is 0.400. The summed E-state index contributed by atoms with van der Waals surface area (Å²) in [7, 11) is 1.52. The molecule has 1 fully saturated rings. The van der Waals surface area contributed by atoms with Crippen molar-refractivity contribution in [3.05, 3.63) is 65.0 Å². The zero-order valence-corrected chi connectivity index (χ0v) is 19.1. The Morgan fingerprint density at radius 3 is 2.63 bits per heavy atom. The van der Waals surface area contributed by atoms with Crippen LogP contribution in [0.25, 0.3) is 11.0 Å². The molecule has 1 aromatic heterocycles. The van der Waals surface area contributed by atoms with Gasteiger partial charge in [0.25, 0.3) is 5.91 Å². The Balaban J connectivity index is 1.30. The lowest BCUT2D eigenvalue weighted by molar-refractivity contribution is -0.137. The molecule has 2 aliphatic rings. The Bertz CT molecular complexity index is 1280. The fourth-order valence-corrected chi connectivity index (χ4v) is 5.12. The average molecular weight is 486 g/mol. The van der Waals surface area contributed by atoms with Gasteiger partial charge in [0.1, 0.15) is 12.4 Å². The van der Waals surface area contributed by atoms with Crippen LogP contribution in [0, 0.1) is 0 Å². The number of methoxy groups -OCH3 is 1. The zero-order chi connectivity index (χ0) is 24.7. The maximum absolute atomic E-state index is 13.2. The van der Waals surface area contributed by atoms with Crippen molar-refractivity contribution in [1.29, 1.82) is 0 Å². The zero-order valence-electron chi connectivity index (χ0n) is 19.1. The van der Waals surface area contributed by atoms with Crippen LogP contribution in [-0.2, 0) is 22.3 Å². The van der Waals surface area contributed by atoms with Crippen molar-refractivity contribution >= 4 is 22.8 Å². The molecule has 0 saturated carbocycles. The number of nitrogens with zero attached hydrogens (tertiary/aromatic N) is 3. The number of benzene rings is 2. The van der Waals surface area contributed by atoms with Crippen LogP contribution < -0.4 is 5.32 Å². The molecule has 1 N–H and O–H groups in total. The third kappa shape index (κ3) is 4.38. The lowest BCUT2D eigenvalue weighted by Gasteiger charge is -2.34. The summed E-state index contributed by atoms with van der Waals surface area (Å²) in [5.41, 5.74) is 1.61. The quantitative estimate of drug-likeness (QED) is 0.586. The number of halogens is 3. The highest BCUT2D eigenvalue weighted by Crippen LogP contribution is 2.35. The van der Waals surface area contributed by atoms with Gasteiger partial charge in [-0.3, -0.25) is 9.59 Å². The summed E-state index contributed by atoms with van der Waals surface area (Å²) >= 11 is 0. The lowest BCUT2D eigenvalue weighted by Crippen LogP contribution is -2.40. The number of amides is 2. The molecule has 2 amide bonds. The molecule has 7 nitrogen and oxygen atoms in total. The Morgan fingerprint density at radius 2 is 1.91 bits per heavy atom. The second-order valence-electron chi connectivity index (χ2n) is 8.96. The molecule has 5 rings (SSSR count). The fourth-order valence-electron chi connectivity index (χ4n) is 5.12. The van der Waals surface area contributed by atoms with Gasteiger partial charge < -0.3 is 19.5 Å². The second kappa shape index (κ2) is 8.99. The number of hydrogen-bond acceptors (Lipinski definition) is 4. The SMILES string of the molecule is COCc1nc2cc(C(F)(F)F)ccc2n1C1CCN(C(=O)C[C@H]2NC(=O)c3ccccc32)CC1. The van der Waals surface area contributed by atoms with E-state index < -0.39 is 11.7 Å². The minimum atomic E-state index is -4.44. The van der Waals surface area contributed by atoms with E-state index in [1.165, 1.54) is 13.2 Å². The molecule has 0 spiro atoms. The summed E-state index contributed by atoms with van der Waals surface area (Å²) in [5, 5.41) is 2.88. The molecule has 35 heavy (non-hydrogen) atoms. The van der Waals surface area contributed by atoms with Crippen molar-refractivity contribution < 1.29 is 27.5 Å². The van der Waals surface area contributed by atoms with Crippen LogP contribution in [0.15, 0.2) is 42.5 Å². The maximum atomic E-state index is 13.2. The third-order valence-corrected chi connectivity index (χ3v) is 6.81. The molecule has 0 radical (unpaired) electrons. The molecule has 3 aromatic rings. The molecule has 0 aliphatic carbocycles. The van der Waals surface area contributed by atoms with E-state index in [-0.39, 0.29) is 42.4 Å². The predicted molar refractivity (Wildman–Crippen MR) is 122 cm³/mol. The molecule has 2 aromatic carbocycles. The summed E-state index contributed by atoms with van der Waals surface area (Å²) < 4.78 is 46.7. The number of piperidine rings is 1. The number of fused-ring (bicyclic) bond motifs is 2. The van der Waals surface area contributed by atoms with Crippen molar-refractivity contribution in [2.45, 2.75) is 44.1 Å². The number of likely N-dealkylation sites (tertiary alicyclic amines) is 1. The van der Waals surface area contributed by atoms with Crippen LogP contribution in [0.1, 0.15) is 58.7 Å². The van der Waals surface area contributed by atoms with Gasteiger partial charge in [0.2, 0.25) is 5.91 Å². The van der Waals surface area contributed by atoms with Gasteiger partial charge in [-0.25, -0.2) is 4.98 Å². The molecule has 2 aliphatic heterocycles. The van der Waals surface area contributed by atoms with Crippen LogP contribution in [0.5, 0.6) is 0 Å². The van der Waals surface area contributed by atoms with E-state index in [0.717, 1.165) is 17.7 Å². The molecule has 0 bridgehead atoms. The van der Waals surface area contributed by atoms with Gasteiger partial charge in [-0.1, -0.05) is 18.2 Å². The van der Waals surface area contributed by atoms with Crippen molar-refractivity contribution in [2.75, 3.05) is 20.2 Å². The number of carbonyl (C=O) groups excluding carboxylic acids is 2. The normalized spacial score (nSPS) is 18.7. The minimum Gasteiger partial charge on any atom is -0.377 e. The lowest BCUT2D eigenvalue weighted by atomic mass is 10.00. The van der Waals surface area contributed by atoms with E-state index in [1.807, 2.05) is 16.7 Å². The average Bonchev–Trinajstić information content (AvgIpc) is 3.35. The van der Waals surface area contributed by atoms with Crippen LogP contribution in [0.2, 0.25) is 0 Å². The van der Waals surface area contributed by atoms with E-state index in [1.54, 1.807) is 17.0 Å². The van der Waals surface area contributed by atoms with Gasteiger partial charge in [0.15, 0.2) is 0 Å². The highest BCUT2D eigenvalue weighted by atomic mass is 19.4. The van der Waals surface area contributed by atoms with Gasteiger partial charge in [0, 0.05) is 31.8 Å². The Kier molecular flexibility index (Phi) is 6.00. The van der Waals surface area contributed by atoms with Gasteiger partial charge in [-0.15, -0.1) is 0 Å². The van der Waals surface area contributed by atoms with Crippen LogP contribution in [0.3, 0.4) is 0 Å². The van der Waals surface area contributed by atoms with Crippen molar-refractivity contribution in [2.24, 2.45) is 0 Å². The monoisotopic (exact) mass is 486 g/mol. The molecule has 184 valence electrons. The van der Waals surface area contributed by atoms with Crippen LogP contribution >= 0.6 is 0 Å². The number of hydrogen-bond donors (Lipinski definition) is 1. The molecule has 0 unspecified atom stereocenters. The number of rotatable bonds is 5. The molecular weight excluding hydrogens is 461 g/mol. The summed E-state index contributed by atoms with van der Waals surface area (Å²) in [6.45, 7) is 1.20. The number of carbonyl (C=O) groups is 2. The Labute approximate surface area is 199 Å². The largest absolute Gasteiger partial charge is 0.416 e. The number of alkyl halides is 3. The minimum absolute atomic E-state index is 0.0159. The van der Waals surface area contributed by atoms with Crippen molar-refractivity contribution in [3.8, 4) is 0 Å². The van der Waals surface area contributed by atoms with Gasteiger partial charge in [0.05, 0.1) is 29.1 Å². The summed E-state index contributed by atoms with van der Waals surface area (Å²) in [6, 6.07) is 10.5. The summed E-state index contributed by atoms with van der Waals surface area (Å²) in [6.07, 6.45) is -2.97. The molecule has 1 atom stereocenters. The van der Waals surface area contributed by atoms with Crippen LogP contribution in [-0.4, -0.2) is 46.5 Å². The van der Waals surface area contributed by atoms with Gasteiger partial charge in [-0.05, 0) is 42.7 Å². The van der Waals surface area contributed by atoms with Crippen molar-refractivity contribution in [3.63, 3.8) is 0 Å². The first kappa shape index (κ1) is 23.3. The molecule has 10 heteroatoms. The number of nitrogens with one attached hydrogen (secondary N) is 1. The second-order valence-corrected chi connectivity index (χ2v) is 8.96. The molecule has 1 saturated heterocycles. The molecule has 3 heterocycles. The van der Waals surface area contributed by atoms with E-state index in [2.05, 4.69) is 10.3 Å². The van der Waals surface area contributed by atoms with E-state index in [4.69, 9.17) is 4.74 Å². The first-order chi connectivity index (χ1) is 16.8. The van der Waals surface area contributed by atoms with E-state index in [0.29, 0.717) is 42.8 Å². The maximum Gasteiger partial charge on any atom is 0.416 e. The smallest absolute Gasteiger partial charge is 0.377 e. The van der Waals surface area contributed by atoms with Gasteiger partial charge >= 0.3 is 6.18 Å². The molecular formula is C25H25F3N4O3. The number of ether oxygens (including phenoxy) is 1. The van der Waals surface area contributed by atoms with E-state index in [9.17, 15) is 22.8 Å². The Hall–Kier alpha value is -3.40. The highest BCUT2D eigenvalue weighted by molar-refractivity contribution is 5.99. The standard InChI is InChI=1S/C25H25F3N4O3/c1-35-14-22-29-20-12-15(25(26,27)28)6-7-21(20)32(22)16-8-10-31(11-9-16)23(33)13-19-17-4-2-3-5-18(17)24(34)30-19/h2-7,12,16,19H,8-11,13-14H2,1H3,(H,30,34)/t19-/m1/s1. The summed E-state index contributed by atoms with van der Waals surface area (Å²) in [5.74, 6) is 0.369.